The Morgan fingerprint density at radius 1 is 1.08 bits per heavy atom. The van der Waals surface area contributed by atoms with Crippen LogP contribution in [0.3, 0.4) is 0 Å². The van der Waals surface area contributed by atoms with Crippen molar-refractivity contribution < 1.29 is 13.2 Å². The lowest BCUT2D eigenvalue weighted by Gasteiger charge is -2.37. The van der Waals surface area contributed by atoms with E-state index < -0.39 is 10.0 Å². The smallest absolute Gasteiger partial charge is 0.243 e. The third-order valence-corrected chi connectivity index (χ3v) is 7.52. The molecule has 1 atom stereocenters. The molecule has 1 aromatic rings. The van der Waals surface area contributed by atoms with E-state index in [0.717, 1.165) is 31.5 Å². The normalized spacial score (nSPS) is 23.2. The Kier molecular flexibility index (Phi) is 5.99. The number of amides is 1. The summed E-state index contributed by atoms with van der Waals surface area (Å²) in [5.74, 6) is 0.132. The van der Waals surface area contributed by atoms with Crippen LogP contribution in [0.2, 0.25) is 0 Å². The maximum atomic E-state index is 12.8. The molecule has 2 aliphatic heterocycles. The van der Waals surface area contributed by atoms with E-state index in [9.17, 15) is 13.2 Å². The Hall–Kier alpha value is -1.44. The van der Waals surface area contributed by atoms with Gasteiger partial charge in [0.1, 0.15) is 0 Å². The second kappa shape index (κ2) is 8.06. The van der Waals surface area contributed by atoms with Gasteiger partial charge in [0.15, 0.2) is 0 Å². The molecular weight excluding hydrogens is 350 g/mol. The van der Waals surface area contributed by atoms with Crippen LogP contribution in [-0.2, 0) is 14.8 Å². The van der Waals surface area contributed by atoms with Gasteiger partial charge in [0, 0.05) is 38.1 Å². The van der Waals surface area contributed by atoms with Gasteiger partial charge in [-0.3, -0.25) is 4.79 Å². The highest BCUT2D eigenvalue weighted by Gasteiger charge is 2.34. The van der Waals surface area contributed by atoms with E-state index in [-0.39, 0.29) is 11.8 Å². The quantitative estimate of drug-likeness (QED) is 0.863. The van der Waals surface area contributed by atoms with Gasteiger partial charge in [0.05, 0.1) is 4.90 Å². The van der Waals surface area contributed by atoms with Gasteiger partial charge in [-0.25, -0.2) is 8.42 Å². The highest BCUT2D eigenvalue weighted by Crippen LogP contribution is 2.26. The van der Waals surface area contributed by atoms with E-state index >= 15 is 0 Å². The fourth-order valence-corrected chi connectivity index (χ4v) is 5.34. The van der Waals surface area contributed by atoms with Gasteiger partial charge < -0.3 is 10.2 Å². The van der Waals surface area contributed by atoms with E-state index in [1.165, 1.54) is 4.31 Å². The number of piperidine rings is 2. The topological polar surface area (TPSA) is 69.7 Å². The molecule has 6 nitrogen and oxygen atoms in total. The molecule has 0 bridgehead atoms. The zero-order chi connectivity index (χ0) is 18.7. The average molecular weight is 380 g/mol. The van der Waals surface area contributed by atoms with Crippen molar-refractivity contribution in [2.75, 3.05) is 33.2 Å². The first-order valence-corrected chi connectivity index (χ1v) is 10.9. The maximum Gasteiger partial charge on any atom is 0.243 e. The van der Waals surface area contributed by atoms with Gasteiger partial charge in [0.25, 0.3) is 0 Å². The number of hydrogen-bond donors (Lipinski definition) is 1. The van der Waals surface area contributed by atoms with Crippen LogP contribution in [0.5, 0.6) is 0 Å². The standard InChI is InChI=1S/C19H29N3O3S/c1-15-5-7-18(8-6-15)26(24,25)22-12-9-16(10-13-22)19(23)21-11-3-4-17(14-21)20-2/h5-8,16-17,20H,3-4,9-14H2,1-2H3. The summed E-state index contributed by atoms with van der Waals surface area (Å²) >= 11 is 0. The number of hydrogen-bond acceptors (Lipinski definition) is 4. The number of sulfonamides is 1. The number of rotatable bonds is 4. The summed E-state index contributed by atoms with van der Waals surface area (Å²) < 4.78 is 27.1. The molecule has 2 fully saturated rings. The lowest BCUT2D eigenvalue weighted by Crippen LogP contribution is -2.50. The summed E-state index contributed by atoms with van der Waals surface area (Å²) in [6.07, 6.45) is 3.33. The molecule has 0 aromatic heterocycles. The summed E-state index contributed by atoms with van der Waals surface area (Å²) in [6, 6.07) is 7.32. The molecule has 2 saturated heterocycles. The fraction of sp³-hybridized carbons (Fsp3) is 0.632. The van der Waals surface area contributed by atoms with Crippen LogP contribution in [0.4, 0.5) is 0 Å². The number of benzene rings is 1. The Labute approximate surface area is 156 Å². The van der Waals surface area contributed by atoms with Crippen molar-refractivity contribution in [3.05, 3.63) is 29.8 Å². The Balaban J connectivity index is 1.60. The molecule has 144 valence electrons. The summed E-state index contributed by atoms with van der Waals surface area (Å²) in [7, 11) is -1.53. The third-order valence-electron chi connectivity index (χ3n) is 5.60. The van der Waals surface area contributed by atoms with Crippen LogP contribution < -0.4 is 5.32 Å². The van der Waals surface area contributed by atoms with E-state index in [1.807, 2.05) is 31.0 Å². The third kappa shape index (κ3) is 4.10. The lowest BCUT2D eigenvalue weighted by atomic mass is 9.95. The molecule has 1 unspecified atom stereocenters. The number of nitrogens with one attached hydrogen (secondary N) is 1. The minimum Gasteiger partial charge on any atom is -0.341 e. The van der Waals surface area contributed by atoms with Crippen LogP contribution in [0.25, 0.3) is 0 Å². The molecule has 0 saturated carbocycles. The average Bonchev–Trinajstić information content (AvgIpc) is 2.68. The first-order valence-electron chi connectivity index (χ1n) is 9.44. The van der Waals surface area contributed by atoms with Crippen molar-refractivity contribution in [3.8, 4) is 0 Å². The monoisotopic (exact) mass is 379 g/mol. The van der Waals surface area contributed by atoms with E-state index in [4.69, 9.17) is 0 Å². The van der Waals surface area contributed by atoms with Gasteiger partial charge in [-0.05, 0) is 51.8 Å². The second-order valence-electron chi connectivity index (χ2n) is 7.40. The van der Waals surface area contributed by atoms with Crippen molar-refractivity contribution in [1.29, 1.82) is 0 Å². The Morgan fingerprint density at radius 2 is 1.73 bits per heavy atom. The molecule has 26 heavy (non-hydrogen) atoms. The highest BCUT2D eigenvalue weighted by molar-refractivity contribution is 7.89. The van der Waals surface area contributed by atoms with Crippen molar-refractivity contribution in [3.63, 3.8) is 0 Å². The molecule has 0 spiro atoms. The zero-order valence-electron chi connectivity index (χ0n) is 15.6. The van der Waals surface area contributed by atoms with Gasteiger partial charge in [0.2, 0.25) is 15.9 Å². The fourth-order valence-electron chi connectivity index (χ4n) is 3.87. The van der Waals surface area contributed by atoms with Gasteiger partial charge in [-0.2, -0.15) is 4.31 Å². The van der Waals surface area contributed by atoms with Crippen LogP contribution in [0.15, 0.2) is 29.2 Å². The lowest BCUT2D eigenvalue weighted by molar-refractivity contribution is -0.138. The maximum absolute atomic E-state index is 12.8. The molecular formula is C19H29N3O3S. The number of aryl methyl sites for hydroxylation is 1. The van der Waals surface area contributed by atoms with E-state index in [0.29, 0.717) is 36.9 Å². The SMILES string of the molecule is CNC1CCCN(C(=O)C2CCN(S(=O)(=O)c3ccc(C)cc3)CC2)C1. The van der Waals surface area contributed by atoms with Crippen molar-refractivity contribution in [2.45, 2.75) is 43.5 Å². The largest absolute Gasteiger partial charge is 0.341 e. The Morgan fingerprint density at radius 3 is 2.35 bits per heavy atom. The predicted octanol–water partition coefficient (Wildman–Crippen LogP) is 1.61. The summed E-state index contributed by atoms with van der Waals surface area (Å²) in [5.41, 5.74) is 1.04. The van der Waals surface area contributed by atoms with E-state index in [1.54, 1.807) is 12.1 Å². The second-order valence-corrected chi connectivity index (χ2v) is 9.34. The van der Waals surface area contributed by atoms with Gasteiger partial charge >= 0.3 is 0 Å². The first kappa shape index (κ1) is 19.3. The van der Waals surface area contributed by atoms with Crippen molar-refractivity contribution >= 4 is 15.9 Å². The van der Waals surface area contributed by atoms with Gasteiger partial charge in [-0.1, -0.05) is 17.7 Å². The molecule has 1 aromatic carbocycles. The summed E-state index contributed by atoms with van der Waals surface area (Å²) in [4.78, 5) is 15.1. The summed E-state index contributed by atoms with van der Waals surface area (Å²) in [6.45, 7) is 4.34. The highest BCUT2D eigenvalue weighted by atomic mass is 32.2. The predicted molar refractivity (Wildman–Crippen MR) is 101 cm³/mol. The number of carbonyl (C=O) groups is 1. The van der Waals surface area contributed by atoms with Crippen LogP contribution in [-0.4, -0.2) is 62.8 Å². The van der Waals surface area contributed by atoms with E-state index in [2.05, 4.69) is 5.32 Å². The number of carbonyl (C=O) groups excluding carboxylic acids is 1. The molecule has 0 radical (unpaired) electrons. The molecule has 7 heteroatoms. The van der Waals surface area contributed by atoms with Crippen LogP contribution >= 0.6 is 0 Å². The van der Waals surface area contributed by atoms with Crippen molar-refractivity contribution in [2.24, 2.45) is 5.92 Å². The van der Waals surface area contributed by atoms with Crippen molar-refractivity contribution in [1.82, 2.24) is 14.5 Å². The molecule has 2 heterocycles. The minimum atomic E-state index is -3.47. The molecule has 1 N–H and O–H groups in total. The zero-order valence-corrected chi connectivity index (χ0v) is 16.5. The molecule has 3 rings (SSSR count). The molecule has 2 aliphatic rings. The Bertz CT molecular complexity index is 725. The minimum absolute atomic E-state index is 0.0601. The number of nitrogens with zero attached hydrogens (tertiary/aromatic N) is 2. The first-order chi connectivity index (χ1) is 12.4. The van der Waals surface area contributed by atoms with Crippen LogP contribution in [0, 0.1) is 12.8 Å². The van der Waals surface area contributed by atoms with Gasteiger partial charge in [-0.15, -0.1) is 0 Å². The number of likely N-dealkylation sites (tertiary alicyclic amines) is 1. The molecule has 0 aliphatic carbocycles. The molecule has 1 amide bonds. The van der Waals surface area contributed by atoms with Crippen LogP contribution in [0.1, 0.15) is 31.2 Å². The summed E-state index contributed by atoms with van der Waals surface area (Å²) in [5, 5.41) is 3.26. The number of likely N-dealkylation sites (N-methyl/N-ethyl adjacent to an activating group) is 1.